The van der Waals surface area contributed by atoms with Crippen LogP contribution < -0.4 is 11.2 Å². The third-order valence-electron chi connectivity index (χ3n) is 2.41. The summed E-state index contributed by atoms with van der Waals surface area (Å²) in [6.07, 6.45) is 1.56. The first kappa shape index (κ1) is 12.2. The number of nitrogens with one attached hydrogen (secondary N) is 1. The maximum absolute atomic E-state index is 11.5. The number of hydrogen-bond donors (Lipinski definition) is 1. The summed E-state index contributed by atoms with van der Waals surface area (Å²) in [6.45, 7) is 0.285. The Morgan fingerprint density at radius 3 is 2.83 bits per heavy atom. The molecule has 1 N–H and O–H groups in total. The molecule has 0 spiro atoms. The second-order valence-electron chi connectivity index (χ2n) is 3.61. The minimum Gasteiger partial charge on any atom is -0.293 e. The Kier molecular flexibility index (Phi) is 3.38. The van der Waals surface area contributed by atoms with Crippen molar-refractivity contribution in [3.63, 3.8) is 0 Å². The average molecular weight is 267 g/mol. The molecule has 0 amide bonds. The van der Waals surface area contributed by atoms with Crippen molar-refractivity contribution < 1.29 is 4.92 Å². The van der Waals surface area contributed by atoms with Gasteiger partial charge in [0.05, 0.1) is 11.1 Å². The van der Waals surface area contributed by atoms with Gasteiger partial charge in [0.15, 0.2) is 0 Å². The summed E-state index contributed by atoms with van der Waals surface area (Å²) in [7, 11) is 0. The number of thiophene rings is 1. The van der Waals surface area contributed by atoms with Gasteiger partial charge in [-0.25, -0.2) is 4.79 Å². The largest absolute Gasteiger partial charge is 0.350 e. The van der Waals surface area contributed by atoms with Crippen molar-refractivity contribution in [2.24, 2.45) is 0 Å². The van der Waals surface area contributed by atoms with Gasteiger partial charge in [0.2, 0.25) is 0 Å². The Balaban J connectivity index is 2.28. The van der Waals surface area contributed by atoms with Gasteiger partial charge in [0, 0.05) is 6.54 Å². The Hall–Kier alpha value is -2.22. The lowest BCUT2D eigenvalue weighted by Gasteiger charge is -2.03. The maximum Gasteiger partial charge on any atom is 0.350 e. The van der Waals surface area contributed by atoms with Crippen LogP contribution in [-0.4, -0.2) is 14.5 Å². The second-order valence-corrected chi connectivity index (χ2v) is 4.39. The molecule has 2 aromatic heterocycles. The molecule has 0 aliphatic carbocycles. The van der Waals surface area contributed by atoms with E-state index in [0.29, 0.717) is 6.42 Å². The Labute approximate surface area is 104 Å². The number of nitrogens with zero attached hydrogens (tertiary/aromatic N) is 2. The van der Waals surface area contributed by atoms with Crippen molar-refractivity contribution in [1.82, 2.24) is 9.55 Å². The lowest BCUT2D eigenvalue weighted by molar-refractivity contribution is -0.386. The predicted octanol–water partition coefficient (Wildman–Crippen LogP) is 0.749. The van der Waals surface area contributed by atoms with Crippen molar-refractivity contribution in [2.45, 2.75) is 13.0 Å². The van der Waals surface area contributed by atoms with Crippen LogP contribution in [0.25, 0.3) is 0 Å². The molecule has 0 aliphatic heterocycles. The van der Waals surface area contributed by atoms with Gasteiger partial charge in [0.25, 0.3) is 0 Å². The van der Waals surface area contributed by atoms with E-state index in [2.05, 4.69) is 0 Å². The summed E-state index contributed by atoms with van der Waals surface area (Å²) >= 11 is 1.54. The molecular formula is C10H9N3O4S. The highest BCUT2D eigenvalue weighted by atomic mass is 32.1. The molecule has 0 saturated heterocycles. The SMILES string of the molecule is O=c1[nH]c(=O)n(CCc2ccsc2)cc1[N+](=O)[O-]. The van der Waals surface area contributed by atoms with Gasteiger partial charge in [0.1, 0.15) is 0 Å². The van der Waals surface area contributed by atoms with Gasteiger partial charge in [-0.2, -0.15) is 11.3 Å². The van der Waals surface area contributed by atoms with Crippen molar-refractivity contribution in [3.8, 4) is 0 Å². The lowest BCUT2D eigenvalue weighted by atomic mass is 10.2. The molecule has 0 saturated carbocycles. The van der Waals surface area contributed by atoms with Crippen molar-refractivity contribution in [1.29, 1.82) is 0 Å². The van der Waals surface area contributed by atoms with Crippen molar-refractivity contribution in [2.75, 3.05) is 0 Å². The van der Waals surface area contributed by atoms with Gasteiger partial charge in [-0.3, -0.25) is 24.5 Å². The number of nitro groups is 1. The van der Waals surface area contributed by atoms with Gasteiger partial charge in [-0.15, -0.1) is 0 Å². The fourth-order valence-electron chi connectivity index (χ4n) is 1.48. The smallest absolute Gasteiger partial charge is 0.293 e. The molecular weight excluding hydrogens is 258 g/mol. The fourth-order valence-corrected chi connectivity index (χ4v) is 2.18. The highest BCUT2D eigenvalue weighted by Gasteiger charge is 2.14. The van der Waals surface area contributed by atoms with Crippen LogP contribution in [0.15, 0.2) is 32.6 Å². The highest BCUT2D eigenvalue weighted by Crippen LogP contribution is 2.07. The van der Waals surface area contributed by atoms with Crippen molar-refractivity contribution in [3.05, 3.63) is 59.5 Å². The molecule has 2 rings (SSSR count). The third kappa shape index (κ3) is 2.54. The molecule has 18 heavy (non-hydrogen) atoms. The molecule has 0 aliphatic rings. The van der Waals surface area contributed by atoms with E-state index in [9.17, 15) is 19.7 Å². The van der Waals surface area contributed by atoms with Gasteiger partial charge in [-0.1, -0.05) is 0 Å². The van der Waals surface area contributed by atoms with E-state index in [-0.39, 0.29) is 6.54 Å². The number of H-pyrrole nitrogens is 1. The summed E-state index contributed by atoms with van der Waals surface area (Å²) in [5, 5.41) is 14.4. The Morgan fingerprint density at radius 2 is 2.22 bits per heavy atom. The zero-order valence-electron chi connectivity index (χ0n) is 9.16. The van der Waals surface area contributed by atoms with E-state index >= 15 is 0 Å². The van der Waals surface area contributed by atoms with Gasteiger partial charge < -0.3 is 0 Å². The number of aromatic amines is 1. The molecule has 0 aromatic carbocycles. The summed E-state index contributed by atoms with van der Waals surface area (Å²) in [6, 6.07) is 1.91. The van der Waals surface area contributed by atoms with Crippen LogP contribution in [0.5, 0.6) is 0 Å². The van der Waals surface area contributed by atoms with E-state index in [1.165, 1.54) is 11.3 Å². The average Bonchev–Trinajstić information content (AvgIpc) is 2.80. The number of aryl methyl sites for hydroxylation is 2. The Bertz CT molecular complexity index is 671. The first-order chi connectivity index (χ1) is 8.58. The second kappa shape index (κ2) is 4.96. The molecule has 2 aromatic rings. The van der Waals surface area contributed by atoms with E-state index in [1.807, 2.05) is 21.8 Å². The van der Waals surface area contributed by atoms with Crippen LogP contribution in [0.1, 0.15) is 5.56 Å². The van der Waals surface area contributed by atoms with E-state index in [4.69, 9.17) is 0 Å². The summed E-state index contributed by atoms with van der Waals surface area (Å²) in [5.41, 5.74) is -1.20. The van der Waals surface area contributed by atoms with Gasteiger partial charge >= 0.3 is 16.9 Å². The van der Waals surface area contributed by atoms with Gasteiger partial charge in [-0.05, 0) is 28.8 Å². The lowest BCUT2D eigenvalue weighted by Crippen LogP contribution is -2.31. The van der Waals surface area contributed by atoms with Crippen LogP contribution >= 0.6 is 11.3 Å². The fraction of sp³-hybridized carbons (Fsp3) is 0.200. The molecule has 0 unspecified atom stereocenters. The zero-order chi connectivity index (χ0) is 13.1. The maximum atomic E-state index is 11.5. The monoisotopic (exact) mass is 267 g/mol. The molecule has 8 heteroatoms. The molecule has 7 nitrogen and oxygen atoms in total. The first-order valence-electron chi connectivity index (χ1n) is 5.07. The van der Waals surface area contributed by atoms with E-state index < -0.39 is 21.9 Å². The molecule has 0 bridgehead atoms. The zero-order valence-corrected chi connectivity index (χ0v) is 9.98. The summed E-state index contributed by atoms with van der Waals surface area (Å²) < 4.78 is 1.14. The predicted molar refractivity (Wildman–Crippen MR) is 66.0 cm³/mol. The summed E-state index contributed by atoms with van der Waals surface area (Å²) in [5.74, 6) is 0. The molecule has 0 fully saturated rings. The number of rotatable bonds is 4. The normalized spacial score (nSPS) is 10.4. The molecule has 0 radical (unpaired) electrons. The summed E-state index contributed by atoms with van der Waals surface area (Å²) in [4.78, 5) is 34.3. The van der Waals surface area contributed by atoms with Crippen LogP contribution in [0.2, 0.25) is 0 Å². The molecule has 2 heterocycles. The quantitative estimate of drug-likeness (QED) is 0.652. The number of hydrogen-bond acceptors (Lipinski definition) is 5. The highest BCUT2D eigenvalue weighted by molar-refractivity contribution is 7.07. The number of aromatic nitrogens is 2. The van der Waals surface area contributed by atoms with Crippen LogP contribution in [0.4, 0.5) is 5.69 Å². The minimum atomic E-state index is -0.975. The van der Waals surface area contributed by atoms with Crippen LogP contribution in [-0.2, 0) is 13.0 Å². The van der Waals surface area contributed by atoms with E-state index in [0.717, 1.165) is 16.3 Å². The molecule has 0 atom stereocenters. The van der Waals surface area contributed by atoms with Crippen LogP contribution in [0.3, 0.4) is 0 Å². The Morgan fingerprint density at radius 1 is 1.44 bits per heavy atom. The molecule has 94 valence electrons. The van der Waals surface area contributed by atoms with E-state index in [1.54, 1.807) is 0 Å². The van der Waals surface area contributed by atoms with Crippen molar-refractivity contribution >= 4 is 17.0 Å². The standard InChI is InChI=1S/C10H9N3O4S/c14-9-8(13(16)17)5-12(10(15)11-9)3-1-7-2-4-18-6-7/h2,4-6H,1,3H2,(H,11,14,15). The minimum absolute atomic E-state index is 0.285. The van der Waals surface area contributed by atoms with Crippen LogP contribution in [0, 0.1) is 10.1 Å². The first-order valence-corrected chi connectivity index (χ1v) is 6.01. The topological polar surface area (TPSA) is 98.0 Å². The third-order valence-corrected chi connectivity index (χ3v) is 3.14.